The van der Waals surface area contributed by atoms with Crippen LogP contribution in [0.25, 0.3) is 22.2 Å². The molecular weight excluding hydrogens is 457 g/mol. The Morgan fingerprint density at radius 2 is 1.80 bits per heavy atom. The molecule has 35 heavy (non-hydrogen) atoms. The highest BCUT2D eigenvalue weighted by Gasteiger charge is 2.31. The number of amides is 2. The molecule has 180 valence electrons. The van der Waals surface area contributed by atoms with E-state index in [1.807, 2.05) is 42.5 Å². The van der Waals surface area contributed by atoms with E-state index in [9.17, 15) is 18.0 Å². The second-order valence-electron chi connectivity index (χ2n) is 8.60. The molecule has 3 aromatic carbocycles. The molecule has 5 rings (SSSR count). The van der Waals surface area contributed by atoms with E-state index in [2.05, 4.69) is 15.5 Å². The number of nitrogens with zero attached hydrogens (tertiary/aromatic N) is 3. The molecule has 0 aliphatic carbocycles. The maximum atomic E-state index is 12.9. The topological polar surface area (TPSA) is 71.3 Å². The molecule has 0 saturated carbocycles. The molecular formula is C26H23F3N4O2. The molecule has 1 unspecified atom stereocenters. The number of nitrogens with one attached hydrogen (secondary N) is 1. The number of likely N-dealkylation sites (tertiary alicyclic amines) is 1. The normalized spacial score (nSPS) is 16.4. The second kappa shape index (κ2) is 9.40. The summed E-state index contributed by atoms with van der Waals surface area (Å²) in [7, 11) is 0. The minimum Gasteiger partial charge on any atom is -0.420 e. The van der Waals surface area contributed by atoms with Crippen LogP contribution < -0.4 is 5.32 Å². The number of halogens is 3. The van der Waals surface area contributed by atoms with E-state index < -0.39 is 11.7 Å². The van der Waals surface area contributed by atoms with Crippen LogP contribution in [0.5, 0.6) is 0 Å². The number of carbonyl (C=O) groups excluding carboxylic acids is 1. The molecule has 1 aromatic heterocycles. The smallest absolute Gasteiger partial charge is 0.416 e. The van der Waals surface area contributed by atoms with Crippen molar-refractivity contribution in [2.24, 2.45) is 0 Å². The first kappa shape index (κ1) is 22.9. The average molecular weight is 480 g/mol. The number of hydrogen-bond acceptors (Lipinski definition) is 4. The van der Waals surface area contributed by atoms with Gasteiger partial charge < -0.3 is 14.6 Å². The van der Waals surface area contributed by atoms with Gasteiger partial charge in [0.05, 0.1) is 11.5 Å². The van der Waals surface area contributed by atoms with Crippen LogP contribution in [-0.2, 0) is 12.7 Å². The molecule has 1 saturated heterocycles. The summed E-state index contributed by atoms with van der Waals surface area (Å²) in [6.45, 7) is 1.47. The molecule has 2 amide bonds. The maximum Gasteiger partial charge on any atom is 0.416 e. The zero-order valence-electron chi connectivity index (χ0n) is 18.8. The highest BCUT2D eigenvalue weighted by Crippen LogP contribution is 2.32. The Morgan fingerprint density at radius 3 is 2.60 bits per heavy atom. The summed E-state index contributed by atoms with van der Waals surface area (Å²) >= 11 is 0. The van der Waals surface area contributed by atoms with Gasteiger partial charge in [0.25, 0.3) is 0 Å². The minimum absolute atomic E-state index is 0.136. The Hall–Kier alpha value is -3.88. The lowest BCUT2D eigenvalue weighted by Gasteiger charge is -2.31. The summed E-state index contributed by atoms with van der Waals surface area (Å²) in [6, 6.07) is 18.5. The van der Waals surface area contributed by atoms with Crippen molar-refractivity contribution < 1.29 is 22.4 Å². The van der Waals surface area contributed by atoms with E-state index in [-0.39, 0.29) is 17.8 Å². The molecule has 1 N–H and O–H groups in total. The van der Waals surface area contributed by atoms with Gasteiger partial charge in [-0.1, -0.05) is 42.5 Å². The van der Waals surface area contributed by atoms with Crippen molar-refractivity contribution in [3.05, 3.63) is 83.7 Å². The zero-order chi connectivity index (χ0) is 24.4. The van der Waals surface area contributed by atoms with Gasteiger partial charge in [-0.3, -0.25) is 0 Å². The van der Waals surface area contributed by atoms with Crippen LogP contribution in [0.4, 0.5) is 18.0 Å². The van der Waals surface area contributed by atoms with E-state index in [0.717, 1.165) is 41.3 Å². The lowest BCUT2D eigenvalue weighted by Crippen LogP contribution is -2.44. The Labute approximate surface area is 199 Å². The van der Waals surface area contributed by atoms with Gasteiger partial charge in [-0.25, -0.2) is 4.79 Å². The SMILES string of the molecule is O=C(NCc1cccc2ccccc12)N1CCCC(c2nnc(-c3ccc(C(F)(F)F)cc3)o2)C1. The molecule has 9 heteroatoms. The van der Waals surface area contributed by atoms with Crippen LogP contribution in [0.3, 0.4) is 0 Å². The number of urea groups is 1. The Balaban J connectivity index is 1.23. The van der Waals surface area contributed by atoms with Crippen LogP contribution in [0.1, 0.15) is 35.8 Å². The van der Waals surface area contributed by atoms with Crippen molar-refractivity contribution in [2.75, 3.05) is 13.1 Å². The van der Waals surface area contributed by atoms with E-state index >= 15 is 0 Å². The summed E-state index contributed by atoms with van der Waals surface area (Å²) in [5.74, 6) is 0.403. The monoisotopic (exact) mass is 480 g/mol. The van der Waals surface area contributed by atoms with E-state index in [4.69, 9.17) is 4.42 Å². The fourth-order valence-corrected chi connectivity index (χ4v) is 4.41. The molecule has 0 radical (unpaired) electrons. The average Bonchev–Trinajstić information content (AvgIpc) is 3.37. The summed E-state index contributed by atoms with van der Waals surface area (Å²) in [6.07, 6.45) is -2.84. The van der Waals surface area contributed by atoms with E-state index in [1.54, 1.807) is 4.90 Å². The first-order valence-corrected chi connectivity index (χ1v) is 11.4. The summed E-state index contributed by atoms with van der Waals surface area (Å²) < 4.78 is 44.2. The number of carbonyl (C=O) groups is 1. The first-order chi connectivity index (χ1) is 16.9. The standard InChI is InChI=1S/C26H23F3N4O2/c27-26(28,29)21-12-10-18(11-13-21)23-31-32-24(35-23)20-8-4-14-33(16-20)25(34)30-15-19-7-3-6-17-5-1-2-9-22(17)19/h1-3,5-7,9-13,20H,4,8,14-16H2,(H,30,34). The molecule has 0 spiro atoms. The van der Waals surface area contributed by atoms with Crippen LogP contribution in [0.15, 0.2) is 71.1 Å². The fraction of sp³-hybridized carbons (Fsp3) is 0.269. The van der Waals surface area contributed by atoms with Crippen molar-refractivity contribution in [2.45, 2.75) is 31.5 Å². The number of benzene rings is 3. The minimum atomic E-state index is -4.40. The number of aromatic nitrogens is 2. The lowest BCUT2D eigenvalue weighted by atomic mass is 9.98. The molecule has 6 nitrogen and oxygen atoms in total. The molecule has 1 aliphatic heterocycles. The van der Waals surface area contributed by atoms with Gasteiger partial charge in [-0.15, -0.1) is 10.2 Å². The van der Waals surface area contributed by atoms with Crippen molar-refractivity contribution in [1.29, 1.82) is 0 Å². The van der Waals surface area contributed by atoms with Gasteiger partial charge >= 0.3 is 12.2 Å². The molecule has 2 heterocycles. The van der Waals surface area contributed by atoms with E-state index in [1.165, 1.54) is 12.1 Å². The highest BCUT2D eigenvalue weighted by atomic mass is 19.4. The van der Waals surface area contributed by atoms with Crippen molar-refractivity contribution >= 4 is 16.8 Å². The third-order valence-electron chi connectivity index (χ3n) is 6.27. The fourth-order valence-electron chi connectivity index (χ4n) is 4.41. The van der Waals surface area contributed by atoms with Gasteiger partial charge in [0.2, 0.25) is 11.8 Å². The molecule has 1 atom stereocenters. The zero-order valence-corrected chi connectivity index (χ0v) is 18.8. The number of hydrogen-bond donors (Lipinski definition) is 1. The molecule has 1 fully saturated rings. The van der Waals surface area contributed by atoms with Gasteiger partial charge in [0.1, 0.15) is 0 Å². The molecule has 4 aromatic rings. The van der Waals surface area contributed by atoms with Crippen molar-refractivity contribution in [3.63, 3.8) is 0 Å². The van der Waals surface area contributed by atoms with Gasteiger partial charge in [-0.2, -0.15) is 13.2 Å². The third kappa shape index (κ3) is 4.99. The van der Waals surface area contributed by atoms with Crippen molar-refractivity contribution in [3.8, 4) is 11.5 Å². The van der Waals surface area contributed by atoms with Gasteiger partial charge in [0.15, 0.2) is 0 Å². The largest absolute Gasteiger partial charge is 0.420 e. The van der Waals surface area contributed by atoms with Crippen LogP contribution in [0, 0.1) is 0 Å². The van der Waals surface area contributed by atoms with Crippen LogP contribution in [-0.4, -0.2) is 34.2 Å². The predicted molar refractivity (Wildman–Crippen MR) is 124 cm³/mol. The van der Waals surface area contributed by atoms with Crippen LogP contribution >= 0.6 is 0 Å². The van der Waals surface area contributed by atoms with Gasteiger partial charge in [0, 0.05) is 25.2 Å². The Morgan fingerprint density at radius 1 is 1.03 bits per heavy atom. The summed E-state index contributed by atoms with van der Waals surface area (Å²) in [4.78, 5) is 14.6. The number of rotatable bonds is 4. The van der Waals surface area contributed by atoms with Crippen LogP contribution in [0.2, 0.25) is 0 Å². The number of alkyl halides is 3. The molecule has 0 bridgehead atoms. The maximum absolute atomic E-state index is 12.9. The Bertz CT molecular complexity index is 1330. The number of fused-ring (bicyclic) bond motifs is 1. The lowest BCUT2D eigenvalue weighted by molar-refractivity contribution is -0.137. The number of piperidine rings is 1. The first-order valence-electron chi connectivity index (χ1n) is 11.4. The molecule has 1 aliphatic rings. The quantitative estimate of drug-likeness (QED) is 0.389. The predicted octanol–water partition coefficient (Wildman–Crippen LogP) is 6.00. The van der Waals surface area contributed by atoms with Gasteiger partial charge in [-0.05, 0) is 53.4 Å². The van der Waals surface area contributed by atoms with Crippen molar-refractivity contribution in [1.82, 2.24) is 20.4 Å². The third-order valence-corrected chi connectivity index (χ3v) is 6.27. The van der Waals surface area contributed by atoms with E-state index in [0.29, 0.717) is 31.1 Å². The Kier molecular flexibility index (Phi) is 6.15. The second-order valence-corrected chi connectivity index (χ2v) is 8.60. The highest BCUT2D eigenvalue weighted by molar-refractivity contribution is 5.86. The summed E-state index contributed by atoms with van der Waals surface area (Å²) in [5, 5.41) is 13.4. The summed E-state index contributed by atoms with van der Waals surface area (Å²) in [5.41, 5.74) is 0.721.